The molecule has 1 aromatic carbocycles. The smallest absolute Gasteiger partial charge is 0.104 e. The van der Waals surface area contributed by atoms with Crippen molar-refractivity contribution in [1.29, 1.82) is 0 Å². The average molecular weight is 241 g/mol. The molecule has 1 aromatic heterocycles. The van der Waals surface area contributed by atoms with E-state index in [2.05, 4.69) is 33.5 Å². The Morgan fingerprint density at radius 1 is 1.28 bits per heavy atom. The van der Waals surface area contributed by atoms with Crippen molar-refractivity contribution < 1.29 is 0 Å². The largest absolute Gasteiger partial charge is 0.382 e. The van der Waals surface area contributed by atoms with Gasteiger partial charge in [0.25, 0.3) is 0 Å². The van der Waals surface area contributed by atoms with Crippen LogP contribution in [0.4, 0.5) is 5.69 Å². The van der Waals surface area contributed by atoms with Gasteiger partial charge in [0, 0.05) is 11.7 Å². The molecule has 0 radical (unpaired) electrons. The number of aromatic amines is 1. The van der Waals surface area contributed by atoms with Crippen LogP contribution in [0.25, 0.3) is 11.0 Å². The number of fused-ring (bicyclic) bond motifs is 3. The predicted molar refractivity (Wildman–Crippen MR) is 73.7 cm³/mol. The standard InChI is InChI=1S/C15H19N3/c1-9-16-13-5-4-12(8-15(13)17-9)18-14-7-10-2-3-11(14)6-10/h4-5,8,10-11,14,18H,2-3,6-7H2,1H3,(H,16,17). The van der Waals surface area contributed by atoms with Gasteiger partial charge in [-0.2, -0.15) is 0 Å². The first-order valence-corrected chi connectivity index (χ1v) is 7.01. The molecule has 1 heterocycles. The highest BCUT2D eigenvalue weighted by Crippen LogP contribution is 2.45. The van der Waals surface area contributed by atoms with Crippen molar-refractivity contribution >= 4 is 16.7 Å². The molecule has 2 saturated carbocycles. The van der Waals surface area contributed by atoms with E-state index in [-0.39, 0.29) is 0 Å². The van der Waals surface area contributed by atoms with Crippen LogP contribution >= 0.6 is 0 Å². The number of H-pyrrole nitrogens is 1. The predicted octanol–water partition coefficient (Wildman–Crippen LogP) is 3.47. The van der Waals surface area contributed by atoms with Crippen molar-refractivity contribution in [3.63, 3.8) is 0 Å². The molecule has 3 atom stereocenters. The number of hydrogen-bond acceptors (Lipinski definition) is 2. The van der Waals surface area contributed by atoms with Crippen LogP contribution in [0, 0.1) is 18.8 Å². The summed E-state index contributed by atoms with van der Waals surface area (Å²) in [5.74, 6) is 2.89. The fourth-order valence-electron chi connectivity index (χ4n) is 3.86. The minimum atomic E-state index is 0.699. The van der Waals surface area contributed by atoms with Crippen LogP contribution in [0.3, 0.4) is 0 Å². The molecule has 18 heavy (non-hydrogen) atoms. The minimum absolute atomic E-state index is 0.699. The topological polar surface area (TPSA) is 40.7 Å². The van der Waals surface area contributed by atoms with Gasteiger partial charge in [-0.25, -0.2) is 4.98 Å². The summed E-state index contributed by atoms with van der Waals surface area (Å²) in [6, 6.07) is 7.16. The first-order valence-electron chi connectivity index (χ1n) is 7.01. The van der Waals surface area contributed by atoms with E-state index < -0.39 is 0 Å². The fourth-order valence-corrected chi connectivity index (χ4v) is 3.86. The Morgan fingerprint density at radius 3 is 3.00 bits per heavy atom. The lowest BCUT2D eigenvalue weighted by molar-refractivity contribution is 0.440. The molecule has 0 saturated heterocycles. The maximum Gasteiger partial charge on any atom is 0.104 e. The Balaban J connectivity index is 1.59. The van der Waals surface area contributed by atoms with Gasteiger partial charge in [0.1, 0.15) is 5.82 Å². The van der Waals surface area contributed by atoms with E-state index in [1.807, 2.05) is 6.92 Å². The molecular weight excluding hydrogens is 222 g/mol. The summed E-state index contributed by atoms with van der Waals surface area (Å²) in [5.41, 5.74) is 3.44. The van der Waals surface area contributed by atoms with Crippen LogP contribution in [0.2, 0.25) is 0 Å². The van der Waals surface area contributed by atoms with Crippen molar-refractivity contribution in [3.8, 4) is 0 Å². The maximum atomic E-state index is 4.44. The average Bonchev–Trinajstić information content (AvgIpc) is 3.01. The highest BCUT2D eigenvalue weighted by Gasteiger charge is 2.39. The zero-order valence-corrected chi connectivity index (χ0v) is 10.7. The molecule has 3 nitrogen and oxygen atoms in total. The van der Waals surface area contributed by atoms with Gasteiger partial charge in [0.2, 0.25) is 0 Å². The molecule has 2 aliphatic rings. The van der Waals surface area contributed by atoms with Crippen LogP contribution < -0.4 is 5.32 Å². The number of imidazole rings is 1. The molecule has 2 aliphatic carbocycles. The van der Waals surface area contributed by atoms with Crippen molar-refractivity contribution in [3.05, 3.63) is 24.0 Å². The molecule has 2 N–H and O–H groups in total. The Labute approximate surface area is 107 Å². The van der Waals surface area contributed by atoms with E-state index in [4.69, 9.17) is 0 Å². The van der Waals surface area contributed by atoms with Crippen LogP contribution in [0.5, 0.6) is 0 Å². The molecule has 4 rings (SSSR count). The normalized spacial score (nSPS) is 30.2. The molecule has 3 heteroatoms. The van der Waals surface area contributed by atoms with Gasteiger partial charge in [-0.05, 0) is 56.2 Å². The van der Waals surface area contributed by atoms with Crippen molar-refractivity contribution in [2.24, 2.45) is 11.8 Å². The van der Waals surface area contributed by atoms with E-state index in [1.54, 1.807) is 0 Å². The van der Waals surface area contributed by atoms with Gasteiger partial charge < -0.3 is 10.3 Å². The van der Waals surface area contributed by atoms with E-state index in [1.165, 1.54) is 31.4 Å². The molecule has 0 aliphatic heterocycles. The Morgan fingerprint density at radius 2 is 2.22 bits per heavy atom. The lowest BCUT2D eigenvalue weighted by Crippen LogP contribution is -2.25. The summed E-state index contributed by atoms with van der Waals surface area (Å²) in [6.07, 6.45) is 5.70. The molecular formula is C15H19N3. The molecule has 0 amide bonds. The van der Waals surface area contributed by atoms with E-state index >= 15 is 0 Å². The molecule has 0 spiro atoms. The lowest BCUT2D eigenvalue weighted by Gasteiger charge is -2.23. The molecule has 2 bridgehead atoms. The Hall–Kier alpha value is -1.51. The van der Waals surface area contributed by atoms with E-state index in [0.29, 0.717) is 6.04 Å². The molecule has 2 fully saturated rings. The summed E-state index contributed by atoms with van der Waals surface area (Å²) >= 11 is 0. The second-order valence-electron chi connectivity index (χ2n) is 5.98. The number of anilines is 1. The van der Waals surface area contributed by atoms with Crippen molar-refractivity contribution in [1.82, 2.24) is 9.97 Å². The zero-order chi connectivity index (χ0) is 12.1. The number of nitrogens with one attached hydrogen (secondary N) is 2. The van der Waals surface area contributed by atoms with Crippen LogP contribution in [0.15, 0.2) is 18.2 Å². The first kappa shape index (κ1) is 10.4. The summed E-state index contributed by atoms with van der Waals surface area (Å²) < 4.78 is 0. The van der Waals surface area contributed by atoms with E-state index in [0.717, 1.165) is 28.7 Å². The number of aryl methyl sites for hydroxylation is 1. The summed E-state index contributed by atoms with van der Waals surface area (Å²) in [5, 5.41) is 3.73. The molecule has 2 aromatic rings. The third kappa shape index (κ3) is 1.61. The van der Waals surface area contributed by atoms with Gasteiger partial charge in [0.15, 0.2) is 0 Å². The number of nitrogens with zero attached hydrogens (tertiary/aromatic N) is 1. The zero-order valence-electron chi connectivity index (χ0n) is 10.7. The van der Waals surface area contributed by atoms with Gasteiger partial charge in [-0.1, -0.05) is 6.42 Å². The van der Waals surface area contributed by atoms with Crippen LogP contribution in [-0.4, -0.2) is 16.0 Å². The number of rotatable bonds is 2. The summed E-state index contributed by atoms with van der Waals surface area (Å²) in [7, 11) is 0. The number of aromatic nitrogens is 2. The van der Waals surface area contributed by atoms with Gasteiger partial charge in [-0.15, -0.1) is 0 Å². The highest BCUT2D eigenvalue weighted by molar-refractivity contribution is 5.79. The monoisotopic (exact) mass is 241 g/mol. The van der Waals surface area contributed by atoms with Gasteiger partial charge in [-0.3, -0.25) is 0 Å². The second kappa shape index (κ2) is 3.74. The van der Waals surface area contributed by atoms with Crippen molar-refractivity contribution in [2.45, 2.75) is 38.6 Å². The summed E-state index contributed by atoms with van der Waals surface area (Å²) in [6.45, 7) is 2.00. The second-order valence-corrected chi connectivity index (χ2v) is 5.98. The first-order chi connectivity index (χ1) is 8.78. The summed E-state index contributed by atoms with van der Waals surface area (Å²) in [4.78, 5) is 7.75. The SMILES string of the molecule is Cc1nc2ccc(NC3CC4CCC3C4)cc2[nH]1. The number of benzene rings is 1. The molecule has 3 unspecified atom stereocenters. The maximum absolute atomic E-state index is 4.44. The molecule has 94 valence electrons. The van der Waals surface area contributed by atoms with Gasteiger partial charge in [0.05, 0.1) is 11.0 Å². The van der Waals surface area contributed by atoms with E-state index in [9.17, 15) is 0 Å². The van der Waals surface area contributed by atoms with Crippen molar-refractivity contribution in [2.75, 3.05) is 5.32 Å². The quantitative estimate of drug-likeness (QED) is 0.845. The minimum Gasteiger partial charge on any atom is -0.382 e. The third-order valence-electron chi connectivity index (χ3n) is 4.69. The van der Waals surface area contributed by atoms with Gasteiger partial charge >= 0.3 is 0 Å². The Kier molecular flexibility index (Phi) is 2.16. The van der Waals surface area contributed by atoms with Crippen LogP contribution in [0.1, 0.15) is 31.5 Å². The third-order valence-corrected chi connectivity index (χ3v) is 4.69. The Bertz CT molecular complexity index is 586. The fraction of sp³-hybridized carbons (Fsp3) is 0.533. The highest BCUT2D eigenvalue weighted by atomic mass is 15.0. The lowest BCUT2D eigenvalue weighted by atomic mass is 9.95. The number of hydrogen-bond donors (Lipinski definition) is 2. The van der Waals surface area contributed by atoms with Crippen LogP contribution in [-0.2, 0) is 0 Å².